The Morgan fingerprint density at radius 3 is 2.70 bits per heavy atom. The lowest BCUT2D eigenvalue weighted by atomic mass is 10.1. The Morgan fingerprint density at radius 2 is 1.95 bits per heavy atom. The van der Waals surface area contributed by atoms with Gasteiger partial charge in [0.05, 0.1) is 13.2 Å². The van der Waals surface area contributed by atoms with Gasteiger partial charge in [-0.2, -0.15) is 0 Å². The van der Waals surface area contributed by atoms with Crippen molar-refractivity contribution in [3.63, 3.8) is 0 Å². The Labute approximate surface area is 120 Å². The molecular formula is C14H14FN3OS. The largest absolute Gasteiger partial charge is 0.398 e. The van der Waals surface area contributed by atoms with Crippen LogP contribution >= 0.6 is 11.3 Å². The number of rotatable bonds is 2. The number of para-hydroxylation sites is 1. The molecule has 20 heavy (non-hydrogen) atoms. The topological polar surface area (TPSA) is 61.0 Å². The minimum Gasteiger partial charge on any atom is -0.398 e. The van der Waals surface area contributed by atoms with E-state index in [4.69, 9.17) is 10.5 Å². The molecule has 2 heterocycles. The maximum Gasteiger partial charge on any atom is 0.176 e. The Bertz CT molecular complexity index is 645. The van der Waals surface area contributed by atoms with Gasteiger partial charge in [0.15, 0.2) is 10.8 Å². The lowest BCUT2D eigenvalue weighted by molar-refractivity contribution is 0.119. The number of ether oxygens (including phenoxy) is 1. The molecule has 0 radical (unpaired) electrons. The van der Waals surface area contributed by atoms with Gasteiger partial charge in [0, 0.05) is 11.3 Å². The van der Waals surface area contributed by atoms with E-state index in [0.717, 1.165) is 11.1 Å². The summed E-state index contributed by atoms with van der Waals surface area (Å²) in [7, 11) is 0. The molecule has 0 unspecified atom stereocenters. The van der Waals surface area contributed by atoms with Crippen LogP contribution in [0.15, 0.2) is 29.8 Å². The number of aromatic nitrogens is 2. The minimum atomic E-state index is -0.258. The summed E-state index contributed by atoms with van der Waals surface area (Å²) in [5.74, 6) is -0.258. The molecule has 0 amide bonds. The van der Waals surface area contributed by atoms with Crippen LogP contribution in [-0.2, 0) is 4.74 Å². The van der Waals surface area contributed by atoms with Gasteiger partial charge in [-0.1, -0.05) is 23.5 Å². The summed E-state index contributed by atoms with van der Waals surface area (Å²) in [5, 5.41) is 8.95. The summed E-state index contributed by atoms with van der Waals surface area (Å²) in [6.07, 6.45) is 1.24. The minimum absolute atomic E-state index is 0.258. The van der Waals surface area contributed by atoms with E-state index in [2.05, 4.69) is 10.2 Å². The van der Waals surface area contributed by atoms with Crippen LogP contribution in [0, 0.1) is 0 Å². The molecule has 1 aromatic heterocycles. The molecule has 2 N–H and O–H groups in total. The fraction of sp³-hybridized carbons (Fsp3) is 0.286. The number of nitrogens with two attached hydrogens (primary N) is 1. The van der Waals surface area contributed by atoms with Crippen molar-refractivity contribution < 1.29 is 9.13 Å². The second-order valence-electron chi connectivity index (χ2n) is 4.53. The highest BCUT2D eigenvalue weighted by Crippen LogP contribution is 2.34. The number of hydrogen-bond acceptors (Lipinski definition) is 5. The molecule has 0 spiro atoms. The first-order valence-corrected chi connectivity index (χ1v) is 7.21. The maximum absolute atomic E-state index is 14.4. The van der Waals surface area contributed by atoms with Crippen LogP contribution in [0.5, 0.6) is 0 Å². The molecule has 3 rings (SSSR count). The third-order valence-corrected chi connectivity index (χ3v) is 4.16. The standard InChI is InChI=1S/C14H14FN3OS/c15-12(9-5-7-19-8-6-9)14-18-17-13(20-14)10-3-1-2-4-11(10)16/h1-4H,5-8,16H2. The van der Waals surface area contributed by atoms with Gasteiger partial charge >= 0.3 is 0 Å². The molecule has 1 fully saturated rings. The Kier molecular flexibility index (Phi) is 3.75. The average Bonchev–Trinajstić information content (AvgIpc) is 2.97. The van der Waals surface area contributed by atoms with E-state index in [0.29, 0.717) is 41.8 Å². The molecule has 2 aromatic rings. The van der Waals surface area contributed by atoms with Crippen LogP contribution in [0.3, 0.4) is 0 Å². The Hall–Kier alpha value is -1.79. The zero-order chi connectivity index (χ0) is 13.9. The molecule has 1 aliphatic rings. The van der Waals surface area contributed by atoms with Crippen LogP contribution in [0.1, 0.15) is 17.8 Å². The predicted molar refractivity (Wildman–Crippen MR) is 77.8 cm³/mol. The van der Waals surface area contributed by atoms with Crippen molar-refractivity contribution >= 4 is 22.9 Å². The number of benzene rings is 1. The smallest absolute Gasteiger partial charge is 0.176 e. The first-order chi connectivity index (χ1) is 9.75. The summed E-state index contributed by atoms with van der Waals surface area (Å²) in [4.78, 5) is 0. The highest BCUT2D eigenvalue weighted by molar-refractivity contribution is 7.15. The number of halogens is 1. The molecular weight excluding hydrogens is 277 g/mol. The first-order valence-electron chi connectivity index (χ1n) is 6.39. The SMILES string of the molecule is Nc1ccccc1-c1nnc(C(F)=C2CCOCC2)s1. The molecule has 1 aromatic carbocycles. The maximum atomic E-state index is 14.4. The molecule has 1 saturated heterocycles. The molecule has 6 heteroatoms. The quantitative estimate of drug-likeness (QED) is 0.863. The highest BCUT2D eigenvalue weighted by atomic mass is 32.1. The van der Waals surface area contributed by atoms with Crippen molar-refractivity contribution in [3.8, 4) is 10.6 Å². The number of nitrogens with zero attached hydrogens (tertiary/aromatic N) is 2. The van der Waals surface area contributed by atoms with E-state index in [1.807, 2.05) is 18.2 Å². The Balaban J connectivity index is 1.92. The molecule has 0 bridgehead atoms. The van der Waals surface area contributed by atoms with Crippen molar-refractivity contribution in [1.29, 1.82) is 0 Å². The lowest BCUT2D eigenvalue weighted by Crippen LogP contribution is -2.08. The van der Waals surface area contributed by atoms with E-state index >= 15 is 0 Å². The normalized spacial score (nSPS) is 15.3. The summed E-state index contributed by atoms with van der Waals surface area (Å²) < 4.78 is 19.6. The van der Waals surface area contributed by atoms with Gasteiger partial charge < -0.3 is 10.5 Å². The molecule has 0 aliphatic carbocycles. The number of anilines is 1. The van der Waals surface area contributed by atoms with Gasteiger partial charge in [-0.3, -0.25) is 0 Å². The summed E-state index contributed by atoms with van der Waals surface area (Å²) >= 11 is 1.23. The van der Waals surface area contributed by atoms with Gasteiger partial charge in [0.1, 0.15) is 5.01 Å². The third kappa shape index (κ3) is 2.57. The number of nitrogen functional groups attached to an aromatic ring is 1. The second kappa shape index (κ2) is 5.68. The van der Waals surface area contributed by atoms with Crippen LogP contribution in [0.25, 0.3) is 16.4 Å². The van der Waals surface area contributed by atoms with Crippen molar-refractivity contribution in [3.05, 3.63) is 34.8 Å². The first kappa shape index (κ1) is 13.2. The summed E-state index contributed by atoms with van der Waals surface area (Å²) in [6.45, 7) is 1.14. The van der Waals surface area contributed by atoms with E-state index < -0.39 is 0 Å². The summed E-state index contributed by atoms with van der Waals surface area (Å²) in [5.41, 5.74) is 8.07. The third-order valence-electron chi connectivity index (χ3n) is 3.21. The number of hydrogen-bond donors (Lipinski definition) is 1. The fourth-order valence-corrected chi connectivity index (χ4v) is 2.98. The zero-order valence-corrected chi connectivity index (χ0v) is 11.6. The lowest BCUT2D eigenvalue weighted by Gasteiger charge is -2.14. The van der Waals surface area contributed by atoms with Crippen molar-refractivity contribution in [2.45, 2.75) is 12.8 Å². The van der Waals surface area contributed by atoms with Gasteiger partial charge in [0.2, 0.25) is 0 Å². The highest BCUT2D eigenvalue weighted by Gasteiger charge is 2.18. The Morgan fingerprint density at radius 1 is 1.20 bits per heavy atom. The molecule has 0 saturated carbocycles. The van der Waals surface area contributed by atoms with Gasteiger partial charge in [-0.15, -0.1) is 10.2 Å². The van der Waals surface area contributed by atoms with Crippen LogP contribution in [0.2, 0.25) is 0 Å². The van der Waals surface area contributed by atoms with Crippen molar-refractivity contribution in [1.82, 2.24) is 10.2 Å². The van der Waals surface area contributed by atoms with Crippen LogP contribution in [0.4, 0.5) is 10.1 Å². The zero-order valence-electron chi connectivity index (χ0n) is 10.8. The second-order valence-corrected chi connectivity index (χ2v) is 5.51. The van der Waals surface area contributed by atoms with E-state index in [-0.39, 0.29) is 5.83 Å². The molecule has 1 aliphatic heterocycles. The van der Waals surface area contributed by atoms with Gasteiger partial charge in [-0.05, 0) is 30.5 Å². The monoisotopic (exact) mass is 291 g/mol. The van der Waals surface area contributed by atoms with Crippen molar-refractivity contribution in [2.75, 3.05) is 18.9 Å². The van der Waals surface area contributed by atoms with Gasteiger partial charge in [0.25, 0.3) is 0 Å². The molecule has 0 atom stereocenters. The van der Waals surface area contributed by atoms with Crippen LogP contribution in [-0.4, -0.2) is 23.4 Å². The van der Waals surface area contributed by atoms with Crippen molar-refractivity contribution in [2.24, 2.45) is 0 Å². The fourth-order valence-electron chi connectivity index (χ4n) is 2.10. The van der Waals surface area contributed by atoms with E-state index in [9.17, 15) is 4.39 Å². The average molecular weight is 291 g/mol. The molecule has 104 valence electrons. The van der Waals surface area contributed by atoms with Gasteiger partial charge in [-0.25, -0.2) is 4.39 Å². The van der Waals surface area contributed by atoms with Crippen LogP contribution < -0.4 is 5.73 Å². The predicted octanol–water partition coefficient (Wildman–Crippen LogP) is 3.28. The molecule has 4 nitrogen and oxygen atoms in total. The van der Waals surface area contributed by atoms with E-state index in [1.54, 1.807) is 6.07 Å². The summed E-state index contributed by atoms with van der Waals surface area (Å²) in [6, 6.07) is 7.38. The van der Waals surface area contributed by atoms with E-state index in [1.165, 1.54) is 11.3 Å².